The van der Waals surface area contributed by atoms with Gasteiger partial charge >= 0.3 is 11.9 Å². The zero-order valence-electron chi connectivity index (χ0n) is 14.8. The molecule has 0 radical (unpaired) electrons. The Bertz CT molecular complexity index is 794. The molecular formula is C20H20O8. The highest BCUT2D eigenvalue weighted by molar-refractivity contribution is 5.89. The van der Waals surface area contributed by atoms with E-state index in [-0.39, 0.29) is 5.56 Å². The van der Waals surface area contributed by atoms with Crippen LogP contribution >= 0.6 is 0 Å². The number of aliphatic hydroxyl groups excluding tert-OH is 3. The van der Waals surface area contributed by atoms with Crippen LogP contribution in [0.3, 0.4) is 0 Å². The third kappa shape index (κ3) is 4.55. The van der Waals surface area contributed by atoms with Gasteiger partial charge in [0.15, 0.2) is 12.4 Å². The number of ether oxygens (including phenoxy) is 3. The number of hydrogen-bond donors (Lipinski definition) is 3. The minimum absolute atomic E-state index is 0.218. The smallest absolute Gasteiger partial charge is 0.338 e. The lowest BCUT2D eigenvalue weighted by atomic mass is 9.99. The molecule has 0 bridgehead atoms. The van der Waals surface area contributed by atoms with Gasteiger partial charge < -0.3 is 29.5 Å². The second kappa shape index (κ2) is 8.94. The molecule has 0 aromatic heterocycles. The van der Waals surface area contributed by atoms with Gasteiger partial charge in [0.05, 0.1) is 11.1 Å². The zero-order chi connectivity index (χ0) is 20.1. The fourth-order valence-corrected chi connectivity index (χ4v) is 2.77. The van der Waals surface area contributed by atoms with Gasteiger partial charge in [-0.2, -0.15) is 0 Å². The van der Waals surface area contributed by atoms with Gasteiger partial charge in [-0.1, -0.05) is 36.4 Å². The van der Waals surface area contributed by atoms with Crippen molar-refractivity contribution in [2.75, 3.05) is 6.61 Å². The molecule has 5 atom stereocenters. The van der Waals surface area contributed by atoms with Crippen LogP contribution in [0.1, 0.15) is 20.7 Å². The summed E-state index contributed by atoms with van der Waals surface area (Å²) in [5, 5.41) is 30.4. The highest BCUT2D eigenvalue weighted by Gasteiger charge is 2.46. The van der Waals surface area contributed by atoms with E-state index in [0.29, 0.717) is 5.56 Å². The lowest BCUT2D eigenvalue weighted by Gasteiger charge is -2.39. The van der Waals surface area contributed by atoms with E-state index in [1.165, 1.54) is 12.1 Å². The molecule has 0 amide bonds. The van der Waals surface area contributed by atoms with E-state index in [1.54, 1.807) is 48.5 Å². The summed E-state index contributed by atoms with van der Waals surface area (Å²) in [5.41, 5.74) is 0.523. The largest absolute Gasteiger partial charge is 0.459 e. The van der Waals surface area contributed by atoms with Crippen molar-refractivity contribution in [3.63, 3.8) is 0 Å². The first kappa shape index (κ1) is 20.0. The van der Waals surface area contributed by atoms with E-state index in [9.17, 15) is 24.9 Å². The van der Waals surface area contributed by atoms with E-state index < -0.39 is 49.3 Å². The molecule has 3 N–H and O–H groups in total. The average Bonchev–Trinajstić information content (AvgIpc) is 2.73. The Morgan fingerprint density at radius 2 is 1.36 bits per heavy atom. The second-order valence-corrected chi connectivity index (χ2v) is 6.25. The maximum absolute atomic E-state index is 12.2. The molecule has 3 rings (SSSR count). The van der Waals surface area contributed by atoms with Crippen molar-refractivity contribution >= 4 is 11.9 Å². The molecule has 1 fully saturated rings. The van der Waals surface area contributed by atoms with Gasteiger partial charge in [-0.25, -0.2) is 9.59 Å². The van der Waals surface area contributed by atoms with Gasteiger partial charge in [0.25, 0.3) is 0 Å². The lowest BCUT2D eigenvalue weighted by molar-refractivity contribution is -0.285. The third-order valence-electron chi connectivity index (χ3n) is 4.30. The normalized spacial score (nSPS) is 27.0. The number of aliphatic hydroxyl groups is 3. The number of esters is 2. The molecule has 1 heterocycles. The van der Waals surface area contributed by atoms with Crippen molar-refractivity contribution in [3.05, 3.63) is 71.8 Å². The monoisotopic (exact) mass is 388 g/mol. The fourth-order valence-electron chi connectivity index (χ4n) is 2.77. The molecule has 1 aliphatic heterocycles. The second-order valence-electron chi connectivity index (χ2n) is 6.25. The number of carbonyl (C=O) groups excluding carboxylic acids is 2. The molecule has 1 aliphatic rings. The van der Waals surface area contributed by atoms with E-state index >= 15 is 0 Å². The van der Waals surface area contributed by atoms with Crippen molar-refractivity contribution in [3.8, 4) is 0 Å². The van der Waals surface area contributed by atoms with Crippen LogP contribution in [0.25, 0.3) is 0 Å². The molecule has 0 unspecified atom stereocenters. The Balaban J connectivity index is 1.65. The molecule has 8 heteroatoms. The summed E-state index contributed by atoms with van der Waals surface area (Å²) >= 11 is 0. The summed E-state index contributed by atoms with van der Waals surface area (Å²) in [5.74, 6) is -1.42. The fraction of sp³-hybridized carbons (Fsp3) is 0.300. The minimum atomic E-state index is -1.72. The van der Waals surface area contributed by atoms with Crippen molar-refractivity contribution in [1.82, 2.24) is 0 Å². The summed E-state index contributed by atoms with van der Waals surface area (Å²) in [7, 11) is 0. The number of rotatable bonds is 5. The first-order valence-electron chi connectivity index (χ1n) is 8.65. The summed E-state index contributed by atoms with van der Waals surface area (Å²) in [6.45, 7) is -0.405. The van der Waals surface area contributed by atoms with Crippen LogP contribution in [-0.4, -0.2) is 64.6 Å². The van der Waals surface area contributed by atoms with Crippen molar-refractivity contribution in [2.45, 2.75) is 30.7 Å². The van der Waals surface area contributed by atoms with Crippen molar-refractivity contribution in [1.29, 1.82) is 0 Å². The molecular weight excluding hydrogens is 368 g/mol. The Morgan fingerprint density at radius 3 is 1.93 bits per heavy atom. The first-order chi connectivity index (χ1) is 13.5. The van der Waals surface area contributed by atoms with Crippen molar-refractivity contribution < 1.29 is 39.1 Å². The molecule has 8 nitrogen and oxygen atoms in total. The predicted octanol–water partition coefficient (Wildman–Crippen LogP) is 0.508. The summed E-state index contributed by atoms with van der Waals surface area (Å²) < 4.78 is 15.4. The number of benzene rings is 2. The number of carbonyl (C=O) groups is 2. The third-order valence-corrected chi connectivity index (χ3v) is 4.30. The van der Waals surface area contributed by atoms with Gasteiger partial charge in [0.2, 0.25) is 0 Å². The van der Waals surface area contributed by atoms with Crippen LogP contribution in [0.5, 0.6) is 0 Å². The van der Waals surface area contributed by atoms with Gasteiger partial charge in [-0.05, 0) is 24.3 Å². The van der Waals surface area contributed by atoms with Gasteiger partial charge in [-0.3, -0.25) is 0 Å². The summed E-state index contributed by atoms with van der Waals surface area (Å²) in [4.78, 5) is 24.2. The molecule has 1 saturated heterocycles. The standard InChI is InChI=1S/C20H20O8/c21-15-14(11-26-18(23)12-7-3-1-4-8-12)27-20(25)16(22)17(15)28-19(24)13-9-5-2-6-10-13/h1-10,14-17,20-22,25H,11H2/t14-,15-,16+,17+,20+/m1/s1. The average molecular weight is 388 g/mol. The van der Waals surface area contributed by atoms with Crippen LogP contribution in [0.15, 0.2) is 60.7 Å². The Kier molecular flexibility index (Phi) is 6.37. The molecule has 28 heavy (non-hydrogen) atoms. The van der Waals surface area contributed by atoms with E-state index in [4.69, 9.17) is 14.2 Å². The van der Waals surface area contributed by atoms with Crippen LogP contribution in [0, 0.1) is 0 Å². The minimum Gasteiger partial charge on any atom is -0.459 e. The lowest BCUT2D eigenvalue weighted by Crippen LogP contribution is -2.60. The zero-order valence-corrected chi connectivity index (χ0v) is 14.8. The highest BCUT2D eigenvalue weighted by atomic mass is 16.7. The molecule has 0 saturated carbocycles. The van der Waals surface area contributed by atoms with Gasteiger partial charge in [-0.15, -0.1) is 0 Å². The molecule has 2 aromatic carbocycles. The highest BCUT2D eigenvalue weighted by Crippen LogP contribution is 2.24. The molecule has 0 spiro atoms. The van der Waals surface area contributed by atoms with Crippen LogP contribution in [-0.2, 0) is 14.2 Å². The Morgan fingerprint density at radius 1 is 0.821 bits per heavy atom. The molecule has 148 valence electrons. The Labute approximate surface area is 160 Å². The van der Waals surface area contributed by atoms with Crippen LogP contribution in [0.2, 0.25) is 0 Å². The summed E-state index contributed by atoms with van der Waals surface area (Å²) in [6, 6.07) is 16.2. The van der Waals surface area contributed by atoms with E-state index in [1.807, 2.05) is 0 Å². The molecule has 2 aromatic rings. The van der Waals surface area contributed by atoms with Gasteiger partial charge in [0, 0.05) is 0 Å². The summed E-state index contributed by atoms with van der Waals surface area (Å²) in [6.07, 6.45) is -7.56. The van der Waals surface area contributed by atoms with E-state index in [0.717, 1.165) is 0 Å². The first-order valence-corrected chi connectivity index (χ1v) is 8.65. The van der Waals surface area contributed by atoms with E-state index in [2.05, 4.69) is 0 Å². The topological polar surface area (TPSA) is 123 Å². The molecule has 0 aliphatic carbocycles. The van der Waals surface area contributed by atoms with Crippen LogP contribution in [0.4, 0.5) is 0 Å². The quantitative estimate of drug-likeness (QED) is 0.633. The number of hydrogen-bond acceptors (Lipinski definition) is 8. The van der Waals surface area contributed by atoms with Crippen molar-refractivity contribution in [2.24, 2.45) is 0 Å². The van der Waals surface area contributed by atoms with Crippen LogP contribution < -0.4 is 0 Å². The maximum Gasteiger partial charge on any atom is 0.338 e. The predicted molar refractivity (Wildman–Crippen MR) is 95.3 cm³/mol. The van der Waals surface area contributed by atoms with Gasteiger partial charge in [0.1, 0.15) is 24.9 Å². The SMILES string of the molecule is O=C(OC[C@H]1O[C@H](O)[C@@H](O)[C@@H](OC(=O)c2ccccc2)[C@@H]1O)c1ccccc1. The maximum atomic E-state index is 12.2. The Hall–Kier alpha value is -2.78.